The summed E-state index contributed by atoms with van der Waals surface area (Å²) in [5.41, 5.74) is 7.65. The Bertz CT molecular complexity index is 1420. The van der Waals surface area contributed by atoms with E-state index in [1.54, 1.807) is 0 Å². The highest BCUT2D eigenvalue weighted by molar-refractivity contribution is 6.30. The zero-order chi connectivity index (χ0) is 25.5. The first-order chi connectivity index (χ1) is 17.7. The number of benzene rings is 2. The number of carbonyl (C=O) groups is 1. The highest BCUT2D eigenvalue weighted by Gasteiger charge is 2.49. The van der Waals surface area contributed by atoms with Crippen LogP contribution in [-0.2, 0) is 24.2 Å². The second-order valence-electron chi connectivity index (χ2n) is 11.9. The Morgan fingerprint density at radius 3 is 2.78 bits per heavy atom. The molecule has 7 heteroatoms. The number of aromatic nitrogens is 2. The number of aryl methyl sites for hydroxylation is 2. The molecule has 2 aliphatic heterocycles. The lowest BCUT2D eigenvalue weighted by atomic mass is 9.86. The van der Waals surface area contributed by atoms with Crippen LogP contribution in [0, 0.1) is 5.92 Å². The molecule has 7 rings (SSSR count). The fourth-order valence-corrected chi connectivity index (χ4v) is 7.01. The van der Waals surface area contributed by atoms with Crippen molar-refractivity contribution in [3.05, 3.63) is 58.0 Å². The van der Waals surface area contributed by atoms with Crippen molar-refractivity contribution in [1.82, 2.24) is 14.9 Å². The molecule has 0 spiro atoms. The fourth-order valence-electron chi connectivity index (χ4n) is 6.85. The van der Waals surface area contributed by atoms with E-state index < -0.39 is 5.60 Å². The van der Waals surface area contributed by atoms with Gasteiger partial charge < -0.3 is 14.5 Å². The number of nitrogens with zero attached hydrogens (tertiary/aromatic N) is 2. The minimum Gasteiger partial charge on any atom is -0.488 e. The average molecular weight is 518 g/mol. The van der Waals surface area contributed by atoms with Gasteiger partial charge in [0.05, 0.1) is 17.4 Å². The van der Waals surface area contributed by atoms with Crippen molar-refractivity contribution in [3.8, 4) is 28.1 Å². The van der Waals surface area contributed by atoms with E-state index >= 15 is 0 Å². The molecule has 3 heterocycles. The summed E-state index contributed by atoms with van der Waals surface area (Å²) in [7, 11) is 0. The van der Waals surface area contributed by atoms with Crippen LogP contribution in [0.2, 0.25) is 5.02 Å². The van der Waals surface area contributed by atoms with Gasteiger partial charge in [0.15, 0.2) is 0 Å². The number of amides is 1. The van der Waals surface area contributed by atoms with Gasteiger partial charge in [-0.2, -0.15) is 0 Å². The summed E-state index contributed by atoms with van der Waals surface area (Å²) in [5, 5.41) is 0.686. The monoisotopic (exact) mass is 517 g/mol. The standard InChI is InChI=1S/C30H32ClN3O3/c1-30(2,3)37-29(35)34-24-6-4-5-17(24)13-25(34)28-32-23-10-7-16-11-21-18(12-22(16)27(23)33-28)15-36-26-14-19(31)8-9-20(21)26/h8-9,11-12,14,17,24-25H,4-7,10,13,15H2,1-3H3,(H,32,33)/t17-,24-,25?/m0/s1. The van der Waals surface area contributed by atoms with Crippen molar-refractivity contribution in [1.29, 1.82) is 0 Å². The van der Waals surface area contributed by atoms with Gasteiger partial charge in [0.25, 0.3) is 0 Å². The molecule has 3 atom stereocenters. The maximum absolute atomic E-state index is 13.4. The molecule has 0 radical (unpaired) electrons. The topological polar surface area (TPSA) is 67.5 Å². The summed E-state index contributed by atoms with van der Waals surface area (Å²) < 4.78 is 11.9. The predicted molar refractivity (Wildman–Crippen MR) is 143 cm³/mol. The molecule has 1 amide bonds. The van der Waals surface area contributed by atoms with E-state index in [9.17, 15) is 4.79 Å². The Kier molecular flexibility index (Phi) is 5.17. The number of nitrogens with one attached hydrogen (secondary N) is 1. The lowest BCUT2D eigenvalue weighted by Crippen LogP contribution is -2.41. The first kappa shape index (κ1) is 23.2. The molecule has 37 heavy (non-hydrogen) atoms. The summed E-state index contributed by atoms with van der Waals surface area (Å²) in [5.74, 6) is 2.26. The van der Waals surface area contributed by atoms with E-state index in [2.05, 4.69) is 17.1 Å². The molecule has 2 aliphatic carbocycles. The van der Waals surface area contributed by atoms with E-state index in [0.29, 0.717) is 17.5 Å². The summed E-state index contributed by atoms with van der Waals surface area (Å²) in [6.45, 7) is 6.32. The lowest BCUT2D eigenvalue weighted by Gasteiger charge is -2.31. The summed E-state index contributed by atoms with van der Waals surface area (Å²) in [6.07, 6.45) is 5.94. The third-order valence-corrected chi connectivity index (χ3v) is 8.64. The number of H-pyrrole nitrogens is 1. The van der Waals surface area contributed by atoms with E-state index in [4.69, 9.17) is 26.1 Å². The van der Waals surface area contributed by atoms with Gasteiger partial charge in [0, 0.05) is 22.2 Å². The van der Waals surface area contributed by atoms with Crippen LogP contribution in [0.3, 0.4) is 0 Å². The van der Waals surface area contributed by atoms with E-state index in [1.165, 1.54) is 35.1 Å². The molecule has 6 nitrogen and oxygen atoms in total. The Balaban J connectivity index is 1.25. The molecule has 192 valence electrons. The van der Waals surface area contributed by atoms with Crippen LogP contribution in [0.15, 0.2) is 30.3 Å². The molecule has 1 N–H and O–H groups in total. The summed E-state index contributed by atoms with van der Waals surface area (Å²) >= 11 is 6.20. The lowest BCUT2D eigenvalue weighted by molar-refractivity contribution is 0.0130. The highest BCUT2D eigenvalue weighted by atomic mass is 35.5. The molecule has 1 saturated heterocycles. The SMILES string of the molecule is CC(C)(C)OC(=O)N1C(c2nc3c([nH]2)-c2cc4c(cc2CC3)-c2ccc(Cl)cc2OC4)C[C@@H]2CCC[C@@H]21. The molecule has 1 saturated carbocycles. The summed E-state index contributed by atoms with van der Waals surface area (Å²) in [6, 6.07) is 10.6. The van der Waals surface area contributed by atoms with Crippen molar-refractivity contribution in [2.24, 2.45) is 5.92 Å². The van der Waals surface area contributed by atoms with E-state index in [1.807, 2.05) is 43.9 Å². The Labute approximate surface area is 222 Å². The van der Waals surface area contributed by atoms with Crippen molar-refractivity contribution in [2.75, 3.05) is 0 Å². The smallest absolute Gasteiger partial charge is 0.411 e. The quantitative estimate of drug-likeness (QED) is 0.369. The normalized spacial score (nSPS) is 23.5. The number of hydrogen-bond acceptors (Lipinski definition) is 4. The van der Waals surface area contributed by atoms with Crippen LogP contribution in [0.4, 0.5) is 4.79 Å². The first-order valence-electron chi connectivity index (χ1n) is 13.4. The van der Waals surface area contributed by atoms with Gasteiger partial charge in [-0.3, -0.25) is 4.90 Å². The van der Waals surface area contributed by atoms with Gasteiger partial charge in [-0.1, -0.05) is 18.0 Å². The fraction of sp³-hybridized carbons (Fsp3) is 0.467. The number of ether oxygens (including phenoxy) is 2. The highest BCUT2D eigenvalue weighted by Crippen LogP contribution is 2.49. The second kappa shape index (κ2) is 8.26. The molecule has 3 aromatic rings. The van der Waals surface area contributed by atoms with Crippen molar-refractivity contribution in [3.63, 3.8) is 0 Å². The minimum absolute atomic E-state index is 0.0724. The van der Waals surface area contributed by atoms with Crippen molar-refractivity contribution in [2.45, 2.75) is 83.6 Å². The largest absolute Gasteiger partial charge is 0.488 e. The van der Waals surface area contributed by atoms with Crippen LogP contribution in [0.5, 0.6) is 5.75 Å². The van der Waals surface area contributed by atoms with Crippen LogP contribution in [0.1, 0.15) is 75.1 Å². The molecule has 2 aromatic carbocycles. The molecule has 2 fully saturated rings. The molecule has 4 aliphatic rings. The van der Waals surface area contributed by atoms with Crippen LogP contribution in [0.25, 0.3) is 22.4 Å². The molecule has 1 unspecified atom stereocenters. The molecule has 1 aromatic heterocycles. The third kappa shape index (κ3) is 3.83. The summed E-state index contributed by atoms with van der Waals surface area (Å²) in [4.78, 5) is 24.1. The van der Waals surface area contributed by atoms with Gasteiger partial charge in [0.2, 0.25) is 0 Å². The van der Waals surface area contributed by atoms with Crippen molar-refractivity contribution < 1.29 is 14.3 Å². The van der Waals surface area contributed by atoms with Crippen LogP contribution < -0.4 is 4.74 Å². The molecular formula is C30H32ClN3O3. The first-order valence-corrected chi connectivity index (χ1v) is 13.8. The van der Waals surface area contributed by atoms with Gasteiger partial charge in [0.1, 0.15) is 23.8 Å². The van der Waals surface area contributed by atoms with E-state index in [0.717, 1.165) is 54.2 Å². The number of likely N-dealkylation sites (tertiary alicyclic amines) is 1. The molecular weight excluding hydrogens is 486 g/mol. The maximum Gasteiger partial charge on any atom is 0.411 e. The van der Waals surface area contributed by atoms with Gasteiger partial charge in [-0.25, -0.2) is 9.78 Å². The maximum atomic E-state index is 13.4. The number of hydrogen-bond donors (Lipinski definition) is 1. The number of rotatable bonds is 1. The van der Waals surface area contributed by atoms with Crippen molar-refractivity contribution >= 4 is 17.7 Å². The Morgan fingerprint density at radius 1 is 1.11 bits per heavy atom. The number of aromatic amines is 1. The number of imidazole rings is 1. The third-order valence-electron chi connectivity index (χ3n) is 8.40. The van der Waals surface area contributed by atoms with Crippen LogP contribution >= 0.6 is 11.6 Å². The van der Waals surface area contributed by atoms with Gasteiger partial charge in [-0.15, -0.1) is 0 Å². The number of fused-ring (bicyclic) bond motifs is 7. The predicted octanol–water partition coefficient (Wildman–Crippen LogP) is 7.24. The zero-order valence-corrected chi connectivity index (χ0v) is 22.3. The number of carbonyl (C=O) groups excluding carboxylic acids is 1. The zero-order valence-electron chi connectivity index (χ0n) is 21.6. The van der Waals surface area contributed by atoms with Crippen LogP contribution in [-0.4, -0.2) is 32.6 Å². The minimum atomic E-state index is -0.523. The Hall–Kier alpha value is -2.99. The van der Waals surface area contributed by atoms with E-state index in [-0.39, 0.29) is 18.2 Å². The van der Waals surface area contributed by atoms with Gasteiger partial charge in [-0.05, 0) is 106 Å². The molecule has 0 bridgehead atoms. The van der Waals surface area contributed by atoms with Gasteiger partial charge >= 0.3 is 6.09 Å². The second-order valence-corrected chi connectivity index (χ2v) is 12.4. The average Bonchev–Trinajstić information content (AvgIpc) is 3.55. The number of halogens is 1. The Morgan fingerprint density at radius 2 is 1.95 bits per heavy atom.